The van der Waals surface area contributed by atoms with Gasteiger partial charge in [-0.05, 0) is 32.6 Å². The van der Waals surface area contributed by atoms with Crippen molar-refractivity contribution in [3.8, 4) is 0 Å². The smallest absolute Gasteiger partial charge is 0.323 e. The quantitative estimate of drug-likeness (QED) is 0.685. The number of amides is 1. The van der Waals surface area contributed by atoms with Crippen LogP contribution in [0.25, 0.3) is 0 Å². The van der Waals surface area contributed by atoms with Gasteiger partial charge in [0, 0.05) is 12.6 Å². The van der Waals surface area contributed by atoms with Crippen molar-refractivity contribution in [1.29, 1.82) is 0 Å². The van der Waals surface area contributed by atoms with Crippen molar-refractivity contribution in [2.45, 2.75) is 58.0 Å². The van der Waals surface area contributed by atoms with Crippen molar-refractivity contribution in [1.82, 2.24) is 10.2 Å². The summed E-state index contributed by atoms with van der Waals surface area (Å²) < 4.78 is 0. The van der Waals surface area contributed by atoms with Crippen molar-refractivity contribution in [2.75, 3.05) is 13.1 Å². The van der Waals surface area contributed by atoms with E-state index in [1.807, 2.05) is 25.7 Å². The molecule has 1 fully saturated rings. The average molecular weight is 256 g/mol. The number of hydrogen-bond donors (Lipinski definition) is 2. The predicted molar refractivity (Wildman–Crippen MR) is 69.4 cm³/mol. The molecule has 0 aromatic heterocycles. The summed E-state index contributed by atoms with van der Waals surface area (Å²) in [6.45, 7) is 6.42. The first kappa shape index (κ1) is 15.0. The molecule has 18 heavy (non-hydrogen) atoms. The van der Waals surface area contributed by atoms with E-state index in [4.69, 9.17) is 0 Å². The Hall–Kier alpha value is -1.10. The fraction of sp³-hybridized carbons (Fsp3) is 0.846. The number of aliphatic carboxylic acids is 1. The van der Waals surface area contributed by atoms with E-state index in [1.165, 1.54) is 0 Å². The van der Waals surface area contributed by atoms with Gasteiger partial charge in [-0.3, -0.25) is 14.9 Å². The van der Waals surface area contributed by atoms with E-state index in [1.54, 1.807) is 0 Å². The molecule has 0 aromatic carbocycles. The number of likely N-dealkylation sites (N-methyl/N-ethyl adjacent to an activating group) is 1. The lowest BCUT2D eigenvalue weighted by Gasteiger charge is -2.29. The molecular weight excluding hydrogens is 232 g/mol. The molecule has 0 bridgehead atoms. The molecule has 1 amide bonds. The minimum Gasteiger partial charge on any atom is -0.480 e. The van der Waals surface area contributed by atoms with Crippen molar-refractivity contribution >= 4 is 11.9 Å². The van der Waals surface area contributed by atoms with Crippen LogP contribution in [0.3, 0.4) is 0 Å². The van der Waals surface area contributed by atoms with E-state index in [0.29, 0.717) is 25.4 Å². The maximum absolute atomic E-state index is 12.0. The molecule has 104 valence electrons. The number of nitrogens with one attached hydrogen (secondary N) is 1. The van der Waals surface area contributed by atoms with Crippen molar-refractivity contribution in [3.05, 3.63) is 0 Å². The summed E-state index contributed by atoms with van der Waals surface area (Å²) in [5.41, 5.74) is -0.974. The SMILES string of the molecule is CCN(C(=O)CNC(CC)(CC)C(=O)O)C1CC1. The van der Waals surface area contributed by atoms with Crippen LogP contribution in [0.1, 0.15) is 46.5 Å². The molecular formula is C13H24N2O3. The molecule has 0 aliphatic heterocycles. The molecule has 1 rings (SSSR count). The Morgan fingerprint density at radius 2 is 1.83 bits per heavy atom. The van der Waals surface area contributed by atoms with Crippen LogP contribution in [-0.2, 0) is 9.59 Å². The van der Waals surface area contributed by atoms with Crippen LogP contribution in [0.4, 0.5) is 0 Å². The second kappa shape index (κ2) is 6.18. The minimum absolute atomic E-state index is 0.00697. The highest BCUT2D eigenvalue weighted by molar-refractivity contribution is 5.82. The highest BCUT2D eigenvalue weighted by atomic mass is 16.4. The summed E-state index contributed by atoms with van der Waals surface area (Å²) in [6, 6.07) is 0.381. The number of rotatable bonds is 8. The van der Waals surface area contributed by atoms with Crippen molar-refractivity contribution in [2.24, 2.45) is 0 Å². The highest BCUT2D eigenvalue weighted by Gasteiger charge is 2.36. The summed E-state index contributed by atoms with van der Waals surface area (Å²) in [5, 5.41) is 12.2. The normalized spacial score (nSPS) is 15.5. The fourth-order valence-electron chi connectivity index (χ4n) is 2.25. The first-order chi connectivity index (χ1) is 8.50. The lowest BCUT2D eigenvalue weighted by molar-refractivity contribution is -0.145. The number of carboxylic acid groups (broad SMARTS) is 1. The summed E-state index contributed by atoms with van der Waals surface area (Å²) in [5.74, 6) is -0.873. The highest BCUT2D eigenvalue weighted by Crippen LogP contribution is 2.26. The zero-order valence-corrected chi connectivity index (χ0v) is 11.5. The summed E-state index contributed by atoms with van der Waals surface area (Å²) >= 11 is 0. The summed E-state index contributed by atoms with van der Waals surface area (Å²) in [4.78, 5) is 25.2. The Kier molecular flexibility index (Phi) is 5.14. The van der Waals surface area contributed by atoms with Gasteiger partial charge in [0.05, 0.1) is 6.54 Å². The van der Waals surface area contributed by atoms with Gasteiger partial charge in [0.1, 0.15) is 5.54 Å². The van der Waals surface area contributed by atoms with E-state index in [2.05, 4.69) is 5.32 Å². The number of hydrogen-bond acceptors (Lipinski definition) is 3. The molecule has 5 nitrogen and oxygen atoms in total. The molecule has 5 heteroatoms. The number of carbonyl (C=O) groups excluding carboxylic acids is 1. The number of carbonyl (C=O) groups is 2. The van der Waals surface area contributed by atoms with Crippen LogP contribution in [0.2, 0.25) is 0 Å². The Balaban J connectivity index is 2.56. The van der Waals surface area contributed by atoms with Gasteiger partial charge in [-0.2, -0.15) is 0 Å². The van der Waals surface area contributed by atoms with E-state index in [0.717, 1.165) is 12.8 Å². The molecule has 0 saturated heterocycles. The average Bonchev–Trinajstić information content (AvgIpc) is 3.16. The molecule has 0 radical (unpaired) electrons. The van der Waals surface area contributed by atoms with Crippen LogP contribution in [0, 0.1) is 0 Å². The molecule has 0 spiro atoms. The van der Waals surface area contributed by atoms with Crippen LogP contribution >= 0.6 is 0 Å². The molecule has 1 aliphatic carbocycles. The zero-order valence-electron chi connectivity index (χ0n) is 11.5. The predicted octanol–water partition coefficient (Wildman–Crippen LogP) is 1.23. The van der Waals surface area contributed by atoms with Gasteiger partial charge in [0.2, 0.25) is 5.91 Å². The number of nitrogens with zero attached hydrogens (tertiary/aromatic N) is 1. The largest absolute Gasteiger partial charge is 0.480 e. The van der Waals surface area contributed by atoms with Gasteiger partial charge in [0.25, 0.3) is 0 Å². The Labute approximate surface area is 109 Å². The molecule has 0 heterocycles. The lowest BCUT2D eigenvalue weighted by Crippen LogP contribution is -2.54. The molecule has 0 unspecified atom stereocenters. The van der Waals surface area contributed by atoms with Crippen LogP contribution < -0.4 is 5.32 Å². The second-order valence-corrected chi connectivity index (χ2v) is 4.86. The van der Waals surface area contributed by atoms with Gasteiger partial charge in [-0.25, -0.2) is 0 Å². The van der Waals surface area contributed by atoms with Gasteiger partial charge in [-0.15, -0.1) is 0 Å². The van der Waals surface area contributed by atoms with Crippen molar-refractivity contribution in [3.63, 3.8) is 0 Å². The maximum atomic E-state index is 12.0. The third kappa shape index (κ3) is 3.22. The monoisotopic (exact) mass is 256 g/mol. The standard InChI is InChI=1S/C13H24N2O3/c1-4-13(5-2,12(17)18)14-9-11(16)15(6-3)10-7-8-10/h10,14H,4-9H2,1-3H3,(H,17,18). The van der Waals surface area contributed by atoms with Gasteiger partial charge >= 0.3 is 5.97 Å². The summed E-state index contributed by atoms with van der Waals surface area (Å²) in [6.07, 6.45) is 3.10. The molecule has 1 saturated carbocycles. The minimum atomic E-state index is -0.974. The number of carboxylic acids is 1. The third-order valence-electron chi connectivity index (χ3n) is 3.84. The maximum Gasteiger partial charge on any atom is 0.323 e. The van der Waals surface area contributed by atoms with Gasteiger partial charge < -0.3 is 10.0 Å². The topological polar surface area (TPSA) is 69.6 Å². The van der Waals surface area contributed by atoms with E-state index >= 15 is 0 Å². The van der Waals surface area contributed by atoms with Crippen LogP contribution in [0.5, 0.6) is 0 Å². The second-order valence-electron chi connectivity index (χ2n) is 4.86. The third-order valence-corrected chi connectivity index (χ3v) is 3.84. The van der Waals surface area contributed by atoms with Crippen molar-refractivity contribution < 1.29 is 14.7 Å². The Morgan fingerprint density at radius 1 is 1.28 bits per heavy atom. The first-order valence-electron chi connectivity index (χ1n) is 6.78. The molecule has 0 aromatic rings. The molecule has 1 aliphatic rings. The van der Waals surface area contributed by atoms with E-state index in [9.17, 15) is 14.7 Å². The Bertz CT molecular complexity index is 309. The van der Waals surface area contributed by atoms with Crippen LogP contribution in [0.15, 0.2) is 0 Å². The Morgan fingerprint density at radius 3 is 2.17 bits per heavy atom. The van der Waals surface area contributed by atoms with Gasteiger partial charge in [-0.1, -0.05) is 13.8 Å². The zero-order chi connectivity index (χ0) is 13.8. The van der Waals surface area contributed by atoms with E-state index in [-0.39, 0.29) is 12.5 Å². The van der Waals surface area contributed by atoms with E-state index < -0.39 is 11.5 Å². The lowest BCUT2D eigenvalue weighted by atomic mass is 9.93. The van der Waals surface area contributed by atoms with Crippen LogP contribution in [-0.4, -0.2) is 46.6 Å². The summed E-state index contributed by atoms with van der Waals surface area (Å²) in [7, 11) is 0. The fourth-order valence-corrected chi connectivity index (χ4v) is 2.25. The molecule has 2 N–H and O–H groups in total. The first-order valence-corrected chi connectivity index (χ1v) is 6.78. The van der Waals surface area contributed by atoms with Gasteiger partial charge in [0.15, 0.2) is 0 Å². The molecule has 0 atom stereocenters.